The molecule has 0 spiro atoms. The highest BCUT2D eigenvalue weighted by atomic mass is 32.2. The Hall–Kier alpha value is -0.830. The molecule has 1 saturated heterocycles. The van der Waals surface area contributed by atoms with Gasteiger partial charge >= 0.3 is 0 Å². The molecule has 0 aromatic rings. The summed E-state index contributed by atoms with van der Waals surface area (Å²) in [5.74, 6) is -0.0216. The van der Waals surface area contributed by atoms with Crippen molar-refractivity contribution in [3.8, 4) is 0 Å². The summed E-state index contributed by atoms with van der Waals surface area (Å²) in [5.41, 5.74) is -0.305. The number of amidine groups is 1. The van der Waals surface area contributed by atoms with E-state index in [0.717, 1.165) is 5.17 Å². The standard InChI is InChI=1S/C13H23N3O4S/c1-15(2)8(17)6-5-7-10(18)11(19)9-12(20-7)21-13(14-9)16(3)4/h7,9-12,18-19H,5-6H2,1-4H3. The molecule has 2 aliphatic rings. The van der Waals surface area contributed by atoms with E-state index in [2.05, 4.69) is 4.99 Å². The van der Waals surface area contributed by atoms with Crippen LogP contribution in [0.1, 0.15) is 12.8 Å². The lowest BCUT2D eigenvalue weighted by Gasteiger charge is -2.38. The maximum absolute atomic E-state index is 11.6. The molecule has 8 heteroatoms. The zero-order valence-electron chi connectivity index (χ0n) is 12.8. The Bertz CT molecular complexity index is 430. The molecule has 2 N–H and O–H groups in total. The number of aliphatic imine (C=N–C) groups is 1. The molecule has 0 aromatic carbocycles. The van der Waals surface area contributed by atoms with Gasteiger partial charge in [-0.05, 0) is 6.42 Å². The summed E-state index contributed by atoms with van der Waals surface area (Å²) in [4.78, 5) is 19.4. The van der Waals surface area contributed by atoms with Crippen molar-refractivity contribution in [3.63, 3.8) is 0 Å². The molecule has 1 amide bonds. The van der Waals surface area contributed by atoms with E-state index in [1.807, 2.05) is 19.0 Å². The van der Waals surface area contributed by atoms with Gasteiger partial charge in [-0.25, -0.2) is 0 Å². The summed E-state index contributed by atoms with van der Waals surface area (Å²) in [6, 6.07) is -0.455. The van der Waals surface area contributed by atoms with Crippen molar-refractivity contribution in [2.75, 3.05) is 28.2 Å². The molecule has 1 fully saturated rings. The van der Waals surface area contributed by atoms with E-state index < -0.39 is 24.4 Å². The second kappa shape index (κ2) is 6.51. The number of nitrogens with zero attached hydrogens (tertiary/aromatic N) is 3. The first kappa shape index (κ1) is 16.5. The van der Waals surface area contributed by atoms with Gasteiger partial charge in [0.2, 0.25) is 5.91 Å². The smallest absolute Gasteiger partial charge is 0.222 e. The molecule has 5 atom stereocenters. The third-order valence-corrected chi connectivity index (χ3v) is 4.98. The number of aliphatic hydroxyl groups is 2. The van der Waals surface area contributed by atoms with Crippen molar-refractivity contribution in [1.29, 1.82) is 0 Å². The van der Waals surface area contributed by atoms with Gasteiger partial charge in [0.05, 0.1) is 6.10 Å². The van der Waals surface area contributed by atoms with Crippen LogP contribution >= 0.6 is 11.8 Å². The molecular formula is C13H23N3O4S. The second-order valence-electron chi connectivity index (χ2n) is 5.77. The Kier molecular flexibility index (Phi) is 5.13. The summed E-state index contributed by atoms with van der Waals surface area (Å²) in [7, 11) is 7.13. The molecule has 0 bridgehead atoms. The highest BCUT2D eigenvalue weighted by Crippen LogP contribution is 2.37. The quantitative estimate of drug-likeness (QED) is 0.718. The average molecular weight is 317 g/mol. The monoisotopic (exact) mass is 317 g/mol. The van der Waals surface area contributed by atoms with Crippen molar-refractivity contribution >= 4 is 22.8 Å². The Morgan fingerprint density at radius 1 is 1.29 bits per heavy atom. The summed E-state index contributed by atoms with van der Waals surface area (Å²) in [5, 5.41) is 21.2. The lowest BCUT2D eigenvalue weighted by Crippen LogP contribution is -2.54. The number of rotatable bonds is 3. The van der Waals surface area contributed by atoms with Crippen LogP contribution in [0.5, 0.6) is 0 Å². The van der Waals surface area contributed by atoms with Crippen LogP contribution in [-0.2, 0) is 9.53 Å². The topological polar surface area (TPSA) is 85.6 Å². The van der Waals surface area contributed by atoms with Crippen LogP contribution in [0.25, 0.3) is 0 Å². The van der Waals surface area contributed by atoms with Crippen molar-refractivity contribution in [2.24, 2.45) is 4.99 Å². The lowest BCUT2D eigenvalue weighted by molar-refractivity contribution is -0.157. The lowest BCUT2D eigenvalue weighted by atomic mass is 9.95. The summed E-state index contributed by atoms with van der Waals surface area (Å²) < 4.78 is 5.84. The van der Waals surface area contributed by atoms with Gasteiger partial charge in [-0.15, -0.1) is 0 Å². The van der Waals surface area contributed by atoms with E-state index in [4.69, 9.17) is 4.74 Å². The molecule has 0 aliphatic carbocycles. The van der Waals surface area contributed by atoms with Gasteiger partial charge in [0, 0.05) is 34.6 Å². The maximum atomic E-state index is 11.6. The normalized spacial score (nSPS) is 35.1. The predicted molar refractivity (Wildman–Crippen MR) is 81.1 cm³/mol. The molecule has 7 nitrogen and oxygen atoms in total. The van der Waals surface area contributed by atoms with Crippen LogP contribution in [0, 0.1) is 0 Å². The predicted octanol–water partition coefficient (Wildman–Crippen LogP) is -0.665. The largest absolute Gasteiger partial charge is 0.388 e. The van der Waals surface area contributed by atoms with Gasteiger partial charge in [0.25, 0.3) is 0 Å². The minimum Gasteiger partial charge on any atom is -0.388 e. The summed E-state index contributed by atoms with van der Waals surface area (Å²) >= 11 is 1.44. The van der Waals surface area contributed by atoms with Crippen LogP contribution in [0.2, 0.25) is 0 Å². The number of carbonyl (C=O) groups excluding carboxylic acids is 1. The molecular weight excluding hydrogens is 294 g/mol. The molecule has 0 saturated carbocycles. The molecule has 120 valence electrons. The third kappa shape index (κ3) is 3.50. The van der Waals surface area contributed by atoms with Crippen molar-refractivity contribution in [2.45, 2.75) is 42.6 Å². The number of hydrogen-bond donors (Lipinski definition) is 2. The first-order valence-corrected chi connectivity index (χ1v) is 7.82. The number of amides is 1. The number of aliphatic hydroxyl groups excluding tert-OH is 2. The van der Waals surface area contributed by atoms with Gasteiger partial charge in [0.1, 0.15) is 23.7 Å². The number of hydrogen-bond acceptors (Lipinski definition) is 7. The van der Waals surface area contributed by atoms with E-state index >= 15 is 0 Å². The van der Waals surface area contributed by atoms with Gasteiger partial charge in [-0.1, -0.05) is 11.8 Å². The first-order valence-electron chi connectivity index (χ1n) is 6.94. The first-order chi connectivity index (χ1) is 9.81. The molecule has 0 radical (unpaired) electrons. The summed E-state index contributed by atoms with van der Waals surface area (Å²) in [6.45, 7) is 0. The molecule has 21 heavy (non-hydrogen) atoms. The van der Waals surface area contributed by atoms with E-state index in [9.17, 15) is 15.0 Å². The molecule has 5 unspecified atom stereocenters. The zero-order chi connectivity index (χ0) is 15.7. The van der Waals surface area contributed by atoms with Crippen molar-refractivity contribution in [3.05, 3.63) is 0 Å². The minimum atomic E-state index is -1.02. The maximum Gasteiger partial charge on any atom is 0.222 e. The molecule has 2 rings (SSSR count). The van der Waals surface area contributed by atoms with Crippen molar-refractivity contribution < 1.29 is 19.7 Å². The van der Waals surface area contributed by atoms with Crippen LogP contribution in [0.15, 0.2) is 4.99 Å². The van der Waals surface area contributed by atoms with Gasteiger partial charge < -0.3 is 24.7 Å². The highest BCUT2D eigenvalue weighted by molar-refractivity contribution is 8.14. The number of thioether (sulfide) groups is 1. The van der Waals surface area contributed by atoms with Crippen LogP contribution in [0.3, 0.4) is 0 Å². The number of fused-ring (bicyclic) bond motifs is 1. The number of carbonyl (C=O) groups is 1. The fraction of sp³-hybridized carbons (Fsp3) is 0.846. The van der Waals surface area contributed by atoms with Crippen LogP contribution in [0.4, 0.5) is 0 Å². The van der Waals surface area contributed by atoms with Crippen LogP contribution in [-0.4, -0.2) is 89.1 Å². The average Bonchev–Trinajstić information content (AvgIpc) is 2.85. The van der Waals surface area contributed by atoms with E-state index in [-0.39, 0.29) is 17.8 Å². The van der Waals surface area contributed by atoms with E-state index in [1.165, 1.54) is 16.7 Å². The highest BCUT2D eigenvalue weighted by Gasteiger charge is 2.48. The molecule has 2 aliphatic heterocycles. The Morgan fingerprint density at radius 3 is 2.52 bits per heavy atom. The van der Waals surface area contributed by atoms with E-state index in [0.29, 0.717) is 6.42 Å². The SMILES string of the molecule is CN(C)C(=O)CCC1OC2SC(N(C)C)=NC2C(O)C1O. The Morgan fingerprint density at radius 2 is 1.95 bits per heavy atom. The van der Waals surface area contributed by atoms with Crippen molar-refractivity contribution in [1.82, 2.24) is 9.80 Å². The second-order valence-corrected chi connectivity index (χ2v) is 6.83. The van der Waals surface area contributed by atoms with Gasteiger partial charge in [0.15, 0.2) is 5.17 Å². The Labute approximate surface area is 129 Å². The fourth-order valence-electron chi connectivity index (χ4n) is 2.36. The summed E-state index contributed by atoms with van der Waals surface area (Å²) in [6.07, 6.45) is -1.86. The molecule has 2 heterocycles. The molecule has 0 aromatic heterocycles. The minimum absolute atomic E-state index is 0.0216. The third-order valence-electron chi connectivity index (χ3n) is 3.67. The fourth-order valence-corrected chi connectivity index (χ4v) is 3.52. The Balaban J connectivity index is 1.98. The van der Waals surface area contributed by atoms with E-state index in [1.54, 1.807) is 14.1 Å². The van der Waals surface area contributed by atoms with Crippen LogP contribution < -0.4 is 0 Å². The van der Waals surface area contributed by atoms with Gasteiger partial charge in [-0.3, -0.25) is 9.79 Å². The van der Waals surface area contributed by atoms with Gasteiger partial charge in [-0.2, -0.15) is 0 Å². The number of ether oxygens (including phenoxy) is 1. The zero-order valence-corrected chi connectivity index (χ0v) is 13.6.